The molecule has 0 N–H and O–H groups in total. The van der Waals surface area contributed by atoms with E-state index in [0.29, 0.717) is 16.3 Å². The first-order valence-electron chi connectivity index (χ1n) is 6.87. The molecule has 0 radical (unpaired) electrons. The fourth-order valence-corrected chi connectivity index (χ4v) is 2.84. The lowest BCUT2D eigenvalue weighted by Crippen LogP contribution is -2.08. The van der Waals surface area contributed by atoms with Crippen LogP contribution in [0.15, 0.2) is 41.4 Å². The molecule has 0 bridgehead atoms. The lowest BCUT2D eigenvalue weighted by atomic mass is 10.2. The van der Waals surface area contributed by atoms with Crippen LogP contribution in [0.3, 0.4) is 0 Å². The normalized spacial score (nSPS) is 11.4. The molecule has 0 aliphatic rings. The molecule has 0 unspecified atom stereocenters. The quantitative estimate of drug-likeness (QED) is 0.418. The summed E-state index contributed by atoms with van der Waals surface area (Å²) < 4.78 is 43.3. The highest BCUT2D eigenvalue weighted by Gasteiger charge is 2.31. The van der Waals surface area contributed by atoms with Crippen LogP contribution in [0.2, 0.25) is 5.02 Å². The Balaban J connectivity index is 1.88. The predicted molar refractivity (Wildman–Crippen MR) is 86.4 cm³/mol. The Hall–Kier alpha value is -1.73. The molecular formula is C16H13ClF3NO2S. The van der Waals surface area contributed by atoms with Gasteiger partial charge in [0.1, 0.15) is 6.61 Å². The van der Waals surface area contributed by atoms with Crippen LogP contribution in [-0.4, -0.2) is 23.3 Å². The predicted octanol–water partition coefficient (Wildman–Crippen LogP) is 5.01. The second-order valence-electron chi connectivity index (χ2n) is 4.83. The Morgan fingerprint density at radius 3 is 2.71 bits per heavy atom. The summed E-state index contributed by atoms with van der Waals surface area (Å²) in [6.45, 7) is 1.55. The van der Waals surface area contributed by atoms with E-state index in [1.165, 1.54) is 13.0 Å². The zero-order valence-electron chi connectivity index (χ0n) is 12.6. The zero-order chi connectivity index (χ0) is 17.7. The van der Waals surface area contributed by atoms with Crippen molar-refractivity contribution in [1.29, 1.82) is 0 Å². The molecule has 1 aromatic heterocycles. The first-order chi connectivity index (χ1) is 11.3. The molecule has 3 nitrogen and oxygen atoms in total. The van der Waals surface area contributed by atoms with E-state index in [9.17, 15) is 18.0 Å². The number of halogens is 4. The third-order valence-corrected chi connectivity index (χ3v) is 3.99. The number of nitrogens with zero attached hydrogens (tertiary/aromatic N) is 1. The van der Waals surface area contributed by atoms with Gasteiger partial charge in [-0.05, 0) is 37.3 Å². The van der Waals surface area contributed by atoms with E-state index in [0.717, 1.165) is 23.9 Å². The SMILES string of the molecule is Cc1cc(C(F)(F)F)cc(SCCOC(=O)c2cccc(Cl)c2)n1. The van der Waals surface area contributed by atoms with Gasteiger partial charge in [0, 0.05) is 16.5 Å². The molecule has 2 aromatic rings. The van der Waals surface area contributed by atoms with E-state index in [1.54, 1.807) is 18.2 Å². The molecule has 0 spiro atoms. The summed E-state index contributed by atoms with van der Waals surface area (Å²) in [5, 5.41) is 0.656. The molecule has 0 aliphatic carbocycles. The minimum absolute atomic E-state index is 0.0486. The van der Waals surface area contributed by atoms with Gasteiger partial charge in [0.15, 0.2) is 0 Å². The van der Waals surface area contributed by atoms with Gasteiger partial charge in [-0.25, -0.2) is 9.78 Å². The molecule has 24 heavy (non-hydrogen) atoms. The van der Waals surface area contributed by atoms with Crippen LogP contribution in [0.5, 0.6) is 0 Å². The van der Waals surface area contributed by atoms with Crippen LogP contribution in [0.1, 0.15) is 21.6 Å². The van der Waals surface area contributed by atoms with Crippen LogP contribution in [0.25, 0.3) is 0 Å². The minimum Gasteiger partial charge on any atom is -0.461 e. The highest BCUT2D eigenvalue weighted by atomic mass is 35.5. The molecule has 0 saturated carbocycles. The maximum atomic E-state index is 12.7. The van der Waals surface area contributed by atoms with Gasteiger partial charge >= 0.3 is 12.1 Å². The van der Waals surface area contributed by atoms with Crippen molar-refractivity contribution in [1.82, 2.24) is 4.98 Å². The number of rotatable bonds is 5. The van der Waals surface area contributed by atoms with Gasteiger partial charge in [-0.3, -0.25) is 0 Å². The summed E-state index contributed by atoms with van der Waals surface area (Å²) in [7, 11) is 0. The minimum atomic E-state index is -4.41. The number of carbonyl (C=O) groups is 1. The summed E-state index contributed by atoms with van der Waals surface area (Å²) in [6, 6.07) is 8.28. The number of thioether (sulfide) groups is 1. The molecule has 0 saturated heterocycles. The zero-order valence-corrected chi connectivity index (χ0v) is 14.1. The maximum absolute atomic E-state index is 12.7. The van der Waals surface area contributed by atoms with Crippen LogP contribution >= 0.6 is 23.4 Å². The van der Waals surface area contributed by atoms with Gasteiger partial charge < -0.3 is 4.74 Å². The van der Waals surface area contributed by atoms with E-state index < -0.39 is 17.7 Å². The number of aryl methyl sites for hydroxylation is 1. The number of hydrogen-bond acceptors (Lipinski definition) is 4. The van der Waals surface area contributed by atoms with E-state index in [4.69, 9.17) is 16.3 Å². The number of alkyl halides is 3. The van der Waals surface area contributed by atoms with Gasteiger partial charge in [0.25, 0.3) is 0 Å². The molecule has 1 aromatic carbocycles. The molecule has 0 atom stereocenters. The van der Waals surface area contributed by atoms with Gasteiger partial charge in [-0.1, -0.05) is 17.7 Å². The van der Waals surface area contributed by atoms with Crippen molar-refractivity contribution in [2.75, 3.05) is 12.4 Å². The Morgan fingerprint density at radius 2 is 2.04 bits per heavy atom. The van der Waals surface area contributed by atoms with Crippen LogP contribution < -0.4 is 0 Å². The van der Waals surface area contributed by atoms with Gasteiger partial charge in [0.2, 0.25) is 0 Å². The Morgan fingerprint density at radius 1 is 1.29 bits per heavy atom. The second kappa shape index (κ2) is 7.90. The lowest BCUT2D eigenvalue weighted by Gasteiger charge is -2.10. The molecule has 0 fully saturated rings. The number of aromatic nitrogens is 1. The highest BCUT2D eigenvalue weighted by Crippen LogP contribution is 2.31. The summed E-state index contributed by atoms with van der Waals surface area (Å²) in [5.41, 5.74) is -0.141. The largest absolute Gasteiger partial charge is 0.461 e. The standard InChI is InChI=1S/C16H13ClF3NO2S/c1-10-7-12(16(18,19)20)9-14(21-10)24-6-5-23-15(22)11-3-2-4-13(17)8-11/h2-4,7-9H,5-6H2,1H3. The molecule has 0 aliphatic heterocycles. The Kier molecular flexibility index (Phi) is 6.12. The van der Waals surface area contributed by atoms with Crippen molar-refractivity contribution >= 4 is 29.3 Å². The second-order valence-corrected chi connectivity index (χ2v) is 6.38. The van der Waals surface area contributed by atoms with Crippen molar-refractivity contribution in [2.45, 2.75) is 18.1 Å². The average molecular weight is 376 g/mol. The topological polar surface area (TPSA) is 39.2 Å². The lowest BCUT2D eigenvalue weighted by molar-refractivity contribution is -0.137. The Bertz CT molecular complexity index is 738. The van der Waals surface area contributed by atoms with E-state index >= 15 is 0 Å². The maximum Gasteiger partial charge on any atom is 0.416 e. The van der Waals surface area contributed by atoms with Crippen molar-refractivity contribution in [3.05, 3.63) is 58.2 Å². The van der Waals surface area contributed by atoms with Crippen molar-refractivity contribution in [2.24, 2.45) is 0 Å². The Labute approximate surface area is 146 Å². The number of ether oxygens (including phenoxy) is 1. The molecule has 1 heterocycles. The van der Waals surface area contributed by atoms with Crippen molar-refractivity contribution in [3.63, 3.8) is 0 Å². The number of esters is 1. The van der Waals surface area contributed by atoms with Gasteiger partial charge in [-0.15, -0.1) is 11.8 Å². The van der Waals surface area contributed by atoms with E-state index in [-0.39, 0.29) is 17.3 Å². The molecule has 128 valence electrons. The average Bonchev–Trinajstić information content (AvgIpc) is 2.50. The summed E-state index contributed by atoms with van der Waals surface area (Å²) in [5.74, 6) is -0.244. The van der Waals surface area contributed by atoms with Gasteiger partial charge in [0.05, 0.1) is 16.2 Å². The molecular weight excluding hydrogens is 363 g/mol. The van der Waals surface area contributed by atoms with E-state index in [1.807, 2.05) is 0 Å². The number of benzene rings is 1. The fourth-order valence-electron chi connectivity index (χ4n) is 1.86. The number of pyridine rings is 1. The molecule has 0 amide bonds. The fraction of sp³-hybridized carbons (Fsp3) is 0.250. The first kappa shape index (κ1) is 18.6. The summed E-state index contributed by atoms with van der Waals surface area (Å²) in [4.78, 5) is 15.8. The summed E-state index contributed by atoms with van der Waals surface area (Å²) in [6.07, 6.45) is -4.41. The monoisotopic (exact) mass is 375 g/mol. The van der Waals surface area contributed by atoms with Crippen LogP contribution in [0, 0.1) is 6.92 Å². The summed E-state index contributed by atoms with van der Waals surface area (Å²) >= 11 is 6.88. The molecule has 2 rings (SSSR count). The third kappa shape index (κ3) is 5.42. The molecule has 8 heteroatoms. The van der Waals surface area contributed by atoms with Crippen LogP contribution in [0.4, 0.5) is 13.2 Å². The number of hydrogen-bond donors (Lipinski definition) is 0. The van der Waals surface area contributed by atoms with E-state index in [2.05, 4.69) is 4.98 Å². The van der Waals surface area contributed by atoms with Crippen molar-refractivity contribution < 1.29 is 22.7 Å². The van der Waals surface area contributed by atoms with Gasteiger partial charge in [-0.2, -0.15) is 13.2 Å². The highest BCUT2D eigenvalue weighted by molar-refractivity contribution is 7.99. The van der Waals surface area contributed by atoms with Crippen LogP contribution in [-0.2, 0) is 10.9 Å². The first-order valence-corrected chi connectivity index (χ1v) is 8.23. The number of carbonyl (C=O) groups excluding carboxylic acids is 1. The smallest absolute Gasteiger partial charge is 0.416 e. The van der Waals surface area contributed by atoms with Crippen molar-refractivity contribution in [3.8, 4) is 0 Å². The third-order valence-electron chi connectivity index (χ3n) is 2.88.